The van der Waals surface area contributed by atoms with Gasteiger partial charge in [0, 0.05) is 17.5 Å². The van der Waals surface area contributed by atoms with E-state index in [0.717, 1.165) is 5.76 Å². The van der Waals surface area contributed by atoms with E-state index in [1.165, 1.54) is 11.3 Å². The molecule has 3 N–H and O–H groups in total. The number of aromatic nitrogens is 1. The van der Waals surface area contributed by atoms with Crippen LogP contribution in [0.2, 0.25) is 0 Å². The third-order valence-corrected chi connectivity index (χ3v) is 3.51. The van der Waals surface area contributed by atoms with Crippen molar-refractivity contribution < 1.29 is 9.21 Å². The second-order valence-electron chi connectivity index (χ2n) is 4.99. The molecule has 0 aromatic carbocycles. The number of nitrogens with two attached hydrogens (primary N) is 1. The molecule has 2 heterocycles. The quantitative estimate of drug-likeness (QED) is 0.898. The van der Waals surface area contributed by atoms with Crippen LogP contribution in [-0.2, 0) is 0 Å². The summed E-state index contributed by atoms with van der Waals surface area (Å²) in [5.74, 6) is 1.28. The van der Waals surface area contributed by atoms with E-state index in [9.17, 15) is 4.79 Å². The zero-order chi connectivity index (χ0) is 14.0. The van der Waals surface area contributed by atoms with Crippen LogP contribution >= 0.6 is 11.3 Å². The molecule has 2 aromatic rings. The van der Waals surface area contributed by atoms with Crippen LogP contribution in [0.15, 0.2) is 21.9 Å². The van der Waals surface area contributed by atoms with Crippen LogP contribution in [0.1, 0.15) is 30.1 Å². The van der Waals surface area contributed by atoms with E-state index >= 15 is 0 Å². The van der Waals surface area contributed by atoms with E-state index in [4.69, 9.17) is 10.2 Å². The van der Waals surface area contributed by atoms with E-state index in [-0.39, 0.29) is 5.91 Å². The van der Waals surface area contributed by atoms with Crippen molar-refractivity contribution in [3.05, 3.63) is 29.0 Å². The Balaban J connectivity index is 2.15. The fraction of sp³-hybridized carbons (Fsp3) is 0.385. The second-order valence-corrected chi connectivity index (χ2v) is 5.85. The molecule has 5 nitrogen and oxygen atoms in total. The summed E-state index contributed by atoms with van der Waals surface area (Å²) in [6, 6.07) is 3.72. The number of hydrogen-bond acceptors (Lipinski definition) is 5. The first-order valence-electron chi connectivity index (χ1n) is 5.96. The molecule has 0 saturated carbocycles. The molecule has 1 amide bonds. The highest BCUT2D eigenvalue weighted by molar-refractivity contribution is 7.13. The largest absolute Gasteiger partial charge is 0.459 e. The number of nitrogens with zero attached hydrogens (tertiary/aromatic N) is 1. The number of carbonyl (C=O) groups excluding carboxylic acids is 1. The van der Waals surface area contributed by atoms with Crippen molar-refractivity contribution in [3.63, 3.8) is 0 Å². The van der Waals surface area contributed by atoms with E-state index in [1.807, 2.05) is 32.9 Å². The maximum absolute atomic E-state index is 12.0. The minimum atomic E-state index is -0.442. The molecule has 0 radical (unpaired) electrons. The van der Waals surface area contributed by atoms with Gasteiger partial charge in [0.1, 0.15) is 11.5 Å². The predicted molar refractivity (Wildman–Crippen MR) is 75.2 cm³/mol. The minimum Gasteiger partial charge on any atom is -0.459 e. The molecule has 102 valence electrons. The first kappa shape index (κ1) is 13.8. The van der Waals surface area contributed by atoms with Gasteiger partial charge in [0.05, 0.1) is 0 Å². The van der Waals surface area contributed by atoms with Crippen LogP contribution in [-0.4, -0.2) is 23.0 Å². The lowest BCUT2D eigenvalue weighted by Crippen LogP contribution is -2.48. The van der Waals surface area contributed by atoms with Gasteiger partial charge in [-0.1, -0.05) is 0 Å². The molecule has 0 aliphatic rings. The zero-order valence-corrected chi connectivity index (χ0v) is 12.0. The van der Waals surface area contributed by atoms with Gasteiger partial charge in [-0.2, -0.15) is 0 Å². The number of amides is 1. The molecule has 0 atom stereocenters. The molecule has 0 unspecified atom stereocenters. The Bertz CT molecular complexity index is 586. The molecule has 0 aliphatic carbocycles. The van der Waals surface area contributed by atoms with Crippen molar-refractivity contribution in [1.29, 1.82) is 0 Å². The summed E-state index contributed by atoms with van der Waals surface area (Å²) in [4.78, 5) is 16.3. The van der Waals surface area contributed by atoms with Gasteiger partial charge in [-0.3, -0.25) is 4.79 Å². The van der Waals surface area contributed by atoms with Gasteiger partial charge >= 0.3 is 0 Å². The first-order valence-corrected chi connectivity index (χ1v) is 6.84. The summed E-state index contributed by atoms with van der Waals surface area (Å²) in [6.07, 6.45) is 0. The summed E-state index contributed by atoms with van der Waals surface area (Å²) >= 11 is 1.38. The average molecular weight is 279 g/mol. The lowest BCUT2D eigenvalue weighted by atomic mass is 10.1. The standard InChI is InChI=1S/C13H17N3O2S/c1-8-4-5-10(18-8)12-15-9(6-19-12)11(17)16-13(2,3)7-14/h4-6H,7,14H2,1-3H3,(H,16,17). The second kappa shape index (κ2) is 5.14. The number of hydrogen-bond donors (Lipinski definition) is 2. The van der Waals surface area contributed by atoms with E-state index in [1.54, 1.807) is 5.38 Å². The number of furan rings is 1. The van der Waals surface area contributed by atoms with Crippen LogP contribution in [0.25, 0.3) is 10.8 Å². The van der Waals surface area contributed by atoms with E-state index < -0.39 is 5.54 Å². The molecular weight excluding hydrogens is 262 g/mol. The number of thiazole rings is 1. The first-order chi connectivity index (χ1) is 8.91. The van der Waals surface area contributed by atoms with Crippen LogP contribution in [0.5, 0.6) is 0 Å². The number of rotatable bonds is 4. The zero-order valence-electron chi connectivity index (χ0n) is 11.2. The van der Waals surface area contributed by atoms with E-state index in [2.05, 4.69) is 10.3 Å². The molecule has 0 aliphatic heterocycles. The Labute approximate surface area is 115 Å². The molecule has 2 aromatic heterocycles. The highest BCUT2D eigenvalue weighted by atomic mass is 32.1. The van der Waals surface area contributed by atoms with E-state index in [0.29, 0.717) is 23.0 Å². The van der Waals surface area contributed by atoms with Gasteiger partial charge in [-0.05, 0) is 32.9 Å². The van der Waals surface area contributed by atoms with Crippen molar-refractivity contribution in [2.24, 2.45) is 5.73 Å². The van der Waals surface area contributed by atoms with Crippen molar-refractivity contribution in [2.45, 2.75) is 26.3 Å². The molecular formula is C13H17N3O2S. The summed E-state index contributed by atoms with van der Waals surface area (Å²) in [7, 11) is 0. The van der Waals surface area contributed by atoms with Crippen molar-refractivity contribution >= 4 is 17.2 Å². The topological polar surface area (TPSA) is 81.2 Å². The fourth-order valence-electron chi connectivity index (χ4n) is 1.46. The van der Waals surface area contributed by atoms with Crippen molar-refractivity contribution in [1.82, 2.24) is 10.3 Å². The monoisotopic (exact) mass is 279 g/mol. The van der Waals surface area contributed by atoms with Gasteiger partial charge in [0.2, 0.25) is 0 Å². The Morgan fingerprint density at radius 2 is 2.26 bits per heavy atom. The number of nitrogens with one attached hydrogen (secondary N) is 1. The lowest BCUT2D eigenvalue weighted by molar-refractivity contribution is 0.0911. The molecule has 0 fully saturated rings. The van der Waals surface area contributed by atoms with Gasteiger partial charge in [-0.25, -0.2) is 4.98 Å². The van der Waals surface area contributed by atoms with Crippen molar-refractivity contribution in [2.75, 3.05) is 6.54 Å². The fourth-order valence-corrected chi connectivity index (χ4v) is 2.22. The third kappa shape index (κ3) is 3.21. The van der Waals surface area contributed by atoms with Crippen LogP contribution in [0, 0.1) is 6.92 Å². The van der Waals surface area contributed by atoms with Gasteiger partial charge < -0.3 is 15.5 Å². The number of aryl methyl sites for hydroxylation is 1. The molecule has 0 saturated heterocycles. The van der Waals surface area contributed by atoms with Gasteiger partial charge in [0.25, 0.3) is 5.91 Å². The highest BCUT2D eigenvalue weighted by Gasteiger charge is 2.21. The SMILES string of the molecule is Cc1ccc(-c2nc(C(=O)NC(C)(C)CN)cs2)o1. The molecule has 0 bridgehead atoms. The maximum Gasteiger partial charge on any atom is 0.271 e. The van der Waals surface area contributed by atoms with Crippen LogP contribution in [0.3, 0.4) is 0 Å². The Kier molecular flexibility index (Phi) is 3.73. The summed E-state index contributed by atoms with van der Waals surface area (Å²) in [5, 5.41) is 5.26. The molecule has 6 heteroatoms. The summed E-state index contributed by atoms with van der Waals surface area (Å²) < 4.78 is 5.48. The molecule has 19 heavy (non-hydrogen) atoms. The maximum atomic E-state index is 12.0. The normalized spacial score (nSPS) is 11.6. The van der Waals surface area contributed by atoms with Gasteiger partial charge in [0.15, 0.2) is 10.8 Å². The van der Waals surface area contributed by atoms with Crippen LogP contribution < -0.4 is 11.1 Å². The Morgan fingerprint density at radius 1 is 1.53 bits per heavy atom. The van der Waals surface area contributed by atoms with Gasteiger partial charge in [-0.15, -0.1) is 11.3 Å². The lowest BCUT2D eigenvalue weighted by Gasteiger charge is -2.23. The summed E-state index contributed by atoms with van der Waals surface area (Å²) in [5.41, 5.74) is 5.53. The van der Waals surface area contributed by atoms with Crippen LogP contribution in [0.4, 0.5) is 0 Å². The highest BCUT2D eigenvalue weighted by Crippen LogP contribution is 2.25. The summed E-state index contributed by atoms with van der Waals surface area (Å²) in [6.45, 7) is 5.98. The minimum absolute atomic E-state index is 0.221. The molecule has 0 spiro atoms. The molecule has 2 rings (SSSR count). The third-order valence-electron chi connectivity index (χ3n) is 2.65. The average Bonchev–Trinajstić information content (AvgIpc) is 2.96. The smallest absolute Gasteiger partial charge is 0.271 e. The number of carbonyl (C=O) groups is 1. The Hall–Kier alpha value is -1.66. The predicted octanol–water partition coefficient (Wildman–Crippen LogP) is 2.18. The van der Waals surface area contributed by atoms with Crippen molar-refractivity contribution in [3.8, 4) is 10.8 Å². The Morgan fingerprint density at radius 3 is 2.84 bits per heavy atom.